The molecular weight excluding hydrogens is 326 g/mol. The lowest BCUT2D eigenvalue weighted by atomic mass is 9.97. The first kappa shape index (κ1) is 18.9. The standard InChI is InChI=1S/C17H23N3O5/c1-11-8-14(15(20(23)24)9-12(11)2)18-16(21)10-19-6-4-13(5-7-19)17(22)25-3/h8-9,13H,4-7,10H2,1-3H3,(H,18,21)/p+1. The van der Waals surface area contributed by atoms with E-state index < -0.39 is 4.92 Å². The van der Waals surface area contributed by atoms with Gasteiger partial charge in [0.25, 0.3) is 11.6 Å². The van der Waals surface area contributed by atoms with Crippen molar-refractivity contribution in [3.63, 3.8) is 0 Å². The zero-order valence-electron chi connectivity index (χ0n) is 14.8. The minimum absolute atomic E-state index is 0.0994. The summed E-state index contributed by atoms with van der Waals surface area (Å²) in [6, 6.07) is 3.10. The number of carbonyl (C=O) groups excluding carboxylic acids is 2. The van der Waals surface area contributed by atoms with Crippen LogP contribution in [0.5, 0.6) is 0 Å². The minimum atomic E-state index is -0.489. The SMILES string of the molecule is COC(=O)C1CC[NH+](CC(=O)Nc2cc(C)c(C)cc2[N+](=O)[O-])CC1. The fourth-order valence-electron chi connectivity index (χ4n) is 3.08. The summed E-state index contributed by atoms with van der Waals surface area (Å²) in [4.78, 5) is 35.6. The van der Waals surface area contributed by atoms with Gasteiger partial charge in [-0.2, -0.15) is 0 Å². The third-order valence-electron chi connectivity index (χ3n) is 4.72. The van der Waals surface area contributed by atoms with Crippen LogP contribution in [0.25, 0.3) is 0 Å². The lowest BCUT2D eigenvalue weighted by Gasteiger charge is -2.27. The van der Waals surface area contributed by atoms with Gasteiger partial charge in [0.15, 0.2) is 6.54 Å². The summed E-state index contributed by atoms with van der Waals surface area (Å²) in [6.07, 6.45) is 1.36. The number of likely N-dealkylation sites (tertiary alicyclic amines) is 1. The van der Waals surface area contributed by atoms with E-state index in [-0.39, 0.29) is 35.7 Å². The molecule has 1 amide bonds. The molecular formula is C17H24N3O5+. The Morgan fingerprint density at radius 1 is 1.28 bits per heavy atom. The normalized spacial score (nSPS) is 20.0. The summed E-state index contributed by atoms with van der Waals surface area (Å²) >= 11 is 0. The van der Waals surface area contributed by atoms with Gasteiger partial charge in [0, 0.05) is 18.9 Å². The van der Waals surface area contributed by atoms with Crippen LogP contribution in [0.2, 0.25) is 0 Å². The number of benzene rings is 1. The Morgan fingerprint density at radius 2 is 1.88 bits per heavy atom. The summed E-state index contributed by atoms with van der Waals surface area (Å²) in [7, 11) is 1.38. The highest BCUT2D eigenvalue weighted by molar-refractivity contribution is 5.94. The van der Waals surface area contributed by atoms with Gasteiger partial charge in [-0.05, 0) is 31.0 Å². The molecule has 0 bridgehead atoms. The van der Waals surface area contributed by atoms with E-state index in [1.807, 2.05) is 6.92 Å². The van der Waals surface area contributed by atoms with Crippen molar-refractivity contribution in [2.75, 3.05) is 32.1 Å². The van der Waals surface area contributed by atoms with Gasteiger partial charge in [0.05, 0.1) is 31.0 Å². The second-order valence-electron chi connectivity index (χ2n) is 6.48. The predicted molar refractivity (Wildman–Crippen MR) is 91.5 cm³/mol. The van der Waals surface area contributed by atoms with Gasteiger partial charge < -0.3 is 15.0 Å². The molecule has 0 atom stereocenters. The number of amides is 1. The summed E-state index contributed by atoms with van der Waals surface area (Å²) in [5, 5.41) is 13.8. The number of methoxy groups -OCH3 is 1. The lowest BCUT2D eigenvalue weighted by Crippen LogP contribution is -3.14. The highest BCUT2D eigenvalue weighted by Gasteiger charge is 2.29. The number of esters is 1. The molecule has 2 rings (SSSR count). The molecule has 0 spiro atoms. The average molecular weight is 350 g/mol. The van der Waals surface area contributed by atoms with Crippen LogP contribution in [0.15, 0.2) is 12.1 Å². The molecule has 1 aliphatic rings. The number of piperidine rings is 1. The number of rotatable bonds is 5. The van der Waals surface area contributed by atoms with Crippen molar-refractivity contribution in [2.24, 2.45) is 5.92 Å². The van der Waals surface area contributed by atoms with E-state index in [0.717, 1.165) is 16.0 Å². The Labute approximate surface area is 146 Å². The quantitative estimate of drug-likeness (QED) is 0.460. The maximum atomic E-state index is 12.3. The molecule has 0 saturated carbocycles. The van der Waals surface area contributed by atoms with E-state index in [9.17, 15) is 19.7 Å². The Hall–Kier alpha value is -2.48. The van der Waals surface area contributed by atoms with Crippen LogP contribution in [-0.4, -0.2) is 43.5 Å². The lowest BCUT2D eigenvalue weighted by molar-refractivity contribution is -0.897. The molecule has 136 valence electrons. The largest absolute Gasteiger partial charge is 0.469 e. The zero-order valence-corrected chi connectivity index (χ0v) is 14.8. The number of aryl methyl sites for hydroxylation is 2. The van der Waals surface area contributed by atoms with Crippen LogP contribution in [-0.2, 0) is 14.3 Å². The molecule has 0 radical (unpaired) electrons. The molecule has 1 aromatic rings. The molecule has 0 aromatic heterocycles. The van der Waals surface area contributed by atoms with E-state index in [1.54, 1.807) is 13.0 Å². The number of nitrogens with zero attached hydrogens (tertiary/aromatic N) is 1. The van der Waals surface area contributed by atoms with E-state index in [0.29, 0.717) is 25.9 Å². The van der Waals surface area contributed by atoms with E-state index in [4.69, 9.17) is 4.74 Å². The topological polar surface area (TPSA) is 103 Å². The van der Waals surface area contributed by atoms with Crippen LogP contribution in [0, 0.1) is 29.9 Å². The Kier molecular flexibility index (Phi) is 6.08. The number of hydrogen-bond donors (Lipinski definition) is 2. The van der Waals surface area contributed by atoms with Gasteiger partial charge >= 0.3 is 5.97 Å². The first-order chi connectivity index (χ1) is 11.8. The highest BCUT2D eigenvalue weighted by atomic mass is 16.6. The Bertz CT molecular complexity index is 681. The summed E-state index contributed by atoms with van der Waals surface area (Å²) in [5.74, 6) is -0.565. The minimum Gasteiger partial charge on any atom is -0.469 e. The van der Waals surface area contributed by atoms with Crippen molar-refractivity contribution in [3.8, 4) is 0 Å². The van der Waals surface area contributed by atoms with Crippen molar-refractivity contribution in [1.29, 1.82) is 0 Å². The van der Waals surface area contributed by atoms with Crippen molar-refractivity contribution in [2.45, 2.75) is 26.7 Å². The second kappa shape index (κ2) is 8.06. The van der Waals surface area contributed by atoms with Crippen molar-refractivity contribution in [3.05, 3.63) is 33.4 Å². The van der Waals surface area contributed by atoms with Crippen LogP contribution in [0.4, 0.5) is 11.4 Å². The smallest absolute Gasteiger partial charge is 0.309 e. The number of hydrogen-bond acceptors (Lipinski definition) is 5. The van der Waals surface area contributed by atoms with Crippen LogP contribution in [0.3, 0.4) is 0 Å². The molecule has 1 aromatic carbocycles. The van der Waals surface area contributed by atoms with Crippen molar-refractivity contribution in [1.82, 2.24) is 0 Å². The molecule has 25 heavy (non-hydrogen) atoms. The van der Waals surface area contributed by atoms with Crippen LogP contribution in [0.1, 0.15) is 24.0 Å². The first-order valence-electron chi connectivity index (χ1n) is 8.28. The van der Waals surface area contributed by atoms with Gasteiger partial charge in [0.1, 0.15) is 5.69 Å². The van der Waals surface area contributed by atoms with Crippen molar-refractivity contribution >= 4 is 23.3 Å². The third-order valence-corrected chi connectivity index (χ3v) is 4.72. The predicted octanol–water partition coefficient (Wildman–Crippen LogP) is 0.618. The van der Waals surface area contributed by atoms with Gasteiger partial charge in [-0.25, -0.2) is 0 Å². The monoisotopic (exact) mass is 350 g/mol. The Morgan fingerprint density at radius 3 is 2.44 bits per heavy atom. The molecule has 0 unspecified atom stereocenters. The zero-order chi connectivity index (χ0) is 18.6. The fourth-order valence-corrected chi connectivity index (χ4v) is 3.08. The molecule has 1 fully saturated rings. The number of ether oxygens (including phenoxy) is 1. The summed E-state index contributed by atoms with van der Waals surface area (Å²) in [5.41, 5.74) is 1.81. The molecule has 1 aliphatic heterocycles. The van der Waals surface area contributed by atoms with Crippen LogP contribution >= 0.6 is 0 Å². The van der Waals surface area contributed by atoms with Gasteiger partial charge in [0.2, 0.25) is 0 Å². The number of nitro benzene ring substituents is 1. The van der Waals surface area contributed by atoms with E-state index in [1.165, 1.54) is 13.2 Å². The molecule has 1 heterocycles. The van der Waals surface area contributed by atoms with Gasteiger partial charge in [-0.15, -0.1) is 0 Å². The maximum absolute atomic E-state index is 12.3. The number of quaternary nitrogens is 1. The molecule has 8 heteroatoms. The Balaban J connectivity index is 1.96. The van der Waals surface area contributed by atoms with Crippen LogP contribution < -0.4 is 10.2 Å². The fraction of sp³-hybridized carbons (Fsp3) is 0.529. The number of anilines is 1. The maximum Gasteiger partial charge on any atom is 0.309 e. The number of nitro groups is 1. The summed E-state index contributed by atoms with van der Waals surface area (Å²) < 4.78 is 4.75. The average Bonchev–Trinajstić information content (AvgIpc) is 2.57. The third kappa shape index (κ3) is 4.76. The molecule has 2 N–H and O–H groups in total. The van der Waals surface area contributed by atoms with Crippen molar-refractivity contribution < 1.29 is 24.1 Å². The van der Waals surface area contributed by atoms with Gasteiger partial charge in [-0.3, -0.25) is 19.7 Å². The highest BCUT2D eigenvalue weighted by Crippen LogP contribution is 2.27. The molecule has 1 saturated heterocycles. The number of carbonyl (C=O) groups is 2. The summed E-state index contributed by atoms with van der Waals surface area (Å²) in [6.45, 7) is 5.25. The van der Waals surface area contributed by atoms with Gasteiger partial charge in [-0.1, -0.05) is 0 Å². The first-order valence-corrected chi connectivity index (χ1v) is 8.28. The van der Waals surface area contributed by atoms with E-state index >= 15 is 0 Å². The molecule has 8 nitrogen and oxygen atoms in total. The second-order valence-corrected chi connectivity index (χ2v) is 6.48. The number of nitrogens with one attached hydrogen (secondary N) is 2. The molecule has 0 aliphatic carbocycles. The van der Waals surface area contributed by atoms with E-state index in [2.05, 4.69) is 5.32 Å².